The van der Waals surface area contributed by atoms with Crippen LogP contribution in [0, 0.1) is 5.82 Å². The molecule has 0 saturated heterocycles. The molecule has 2 aromatic carbocycles. The van der Waals surface area contributed by atoms with Gasteiger partial charge < -0.3 is 4.74 Å². The van der Waals surface area contributed by atoms with Crippen LogP contribution in [0.4, 0.5) is 4.39 Å². The van der Waals surface area contributed by atoms with E-state index in [0.717, 1.165) is 6.07 Å². The van der Waals surface area contributed by atoms with E-state index >= 15 is 0 Å². The van der Waals surface area contributed by atoms with Crippen LogP contribution >= 0.6 is 0 Å². The van der Waals surface area contributed by atoms with E-state index in [2.05, 4.69) is 10.9 Å². The molecule has 2 rings (SSSR count). The van der Waals surface area contributed by atoms with Gasteiger partial charge in [0, 0.05) is 5.56 Å². The molecule has 0 aromatic heterocycles. The third-order valence-corrected chi connectivity index (χ3v) is 2.75. The minimum Gasteiger partial charge on any atom is -0.452 e. The van der Waals surface area contributed by atoms with Crippen LogP contribution in [-0.4, -0.2) is 24.4 Å². The van der Waals surface area contributed by atoms with Gasteiger partial charge in [0.05, 0.1) is 5.56 Å². The third kappa shape index (κ3) is 4.92. The molecular weight excluding hydrogens is 303 g/mol. The van der Waals surface area contributed by atoms with Gasteiger partial charge in [-0.3, -0.25) is 20.4 Å². The molecule has 0 fully saturated rings. The van der Waals surface area contributed by atoms with E-state index < -0.39 is 30.2 Å². The van der Waals surface area contributed by atoms with Gasteiger partial charge >= 0.3 is 5.97 Å². The average Bonchev–Trinajstić information content (AvgIpc) is 2.58. The van der Waals surface area contributed by atoms with E-state index in [1.54, 1.807) is 30.3 Å². The summed E-state index contributed by atoms with van der Waals surface area (Å²) < 4.78 is 17.7. The Bertz CT molecular complexity index is 719. The molecule has 0 radical (unpaired) electrons. The number of hydrogen-bond acceptors (Lipinski definition) is 4. The average molecular weight is 316 g/mol. The van der Waals surface area contributed by atoms with Crippen LogP contribution in [0.3, 0.4) is 0 Å². The maximum Gasteiger partial charge on any atom is 0.338 e. The van der Waals surface area contributed by atoms with Crippen LogP contribution in [-0.2, 0) is 9.53 Å². The summed E-state index contributed by atoms with van der Waals surface area (Å²) >= 11 is 0. The second kappa shape index (κ2) is 7.69. The van der Waals surface area contributed by atoms with Gasteiger partial charge in [0.25, 0.3) is 11.8 Å². The molecule has 2 aromatic rings. The molecule has 0 aliphatic heterocycles. The summed E-state index contributed by atoms with van der Waals surface area (Å²) in [5.74, 6) is -2.65. The second-order valence-corrected chi connectivity index (χ2v) is 4.45. The lowest BCUT2D eigenvalue weighted by Gasteiger charge is -2.08. The maximum atomic E-state index is 13.0. The van der Waals surface area contributed by atoms with Gasteiger partial charge in [-0.1, -0.05) is 24.3 Å². The number of carbonyl (C=O) groups is 3. The summed E-state index contributed by atoms with van der Waals surface area (Å²) in [6, 6.07) is 13.2. The monoisotopic (exact) mass is 316 g/mol. The van der Waals surface area contributed by atoms with Crippen LogP contribution in [0.5, 0.6) is 0 Å². The predicted octanol–water partition coefficient (Wildman–Crippen LogP) is 1.44. The predicted molar refractivity (Wildman–Crippen MR) is 78.7 cm³/mol. The molecule has 23 heavy (non-hydrogen) atoms. The number of nitrogens with one attached hydrogen (secondary N) is 2. The molecule has 2 amide bonds. The Labute approximate surface area is 131 Å². The quantitative estimate of drug-likeness (QED) is 0.660. The first-order chi connectivity index (χ1) is 11.1. The van der Waals surface area contributed by atoms with Gasteiger partial charge in [0.15, 0.2) is 6.61 Å². The molecule has 0 heterocycles. The lowest BCUT2D eigenvalue weighted by molar-refractivity contribution is -0.125. The van der Waals surface area contributed by atoms with E-state index in [4.69, 9.17) is 4.74 Å². The van der Waals surface area contributed by atoms with Crippen molar-refractivity contribution in [2.75, 3.05) is 6.61 Å². The van der Waals surface area contributed by atoms with Crippen LogP contribution in [0.1, 0.15) is 20.7 Å². The number of hydrogen-bond donors (Lipinski definition) is 2. The minimum atomic E-state index is -0.839. The van der Waals surface area contributed by atoms with E-state index in [-0.39, 0.29) is 5.56 Å². The van der Waals surface area contributed by atoms with Crippen molar-refractivity contribution in [3.63, 3.8) is 0 Å². The molecule has 118 valence electrons. The largest absolute Gasteiger partial charge is 0.452 e. The summed E-state index contributed by atoms with van der Waals surface area (Å²) in [4.78, 5) is 34.8. The summed E-state index contributed by atoms with van der Waals surface area (Å²) in [5, 5.41) is 0. The Hall–Kier alpha value is -3.22. The Balaban J connectivity index is 1.77. The molecule has 0 bridgehead atoms. The molecule has 0 saturated carbocycles. The van der Waals surface area contributed by atoms with E-state index in [0.29, 0.717) is 5.56 Å². The fraction of sp³-hybridized carbons (Fsp3) is 0.0625. The molecule has 0 aliphatic rings. The first-order valence-corrected chi connectivity index (χ1v) is 6.63. The van der Waals surface area contributed by atoms with E-state index in [1.807, 2.05) is 0 Å². The number of rotatable bonds is 4. The molecule has 2 N–H and O–H groups in total. The lowest BCUT2D eigenvalue weighted by atomic mass is 10.2. The first kappa shape index (κ1) is 16.2. The van der Waals surface area contributed by atoms with Crippen molar-refractivity contribution >= 4 is 17.8 Å². The van der Waals surface area contributed by atoms with Crippen LogP contribution in [0.25, 0.3) is 0 Å². The smallest absolute Gasteiger partial charge is 0.338 e. The van der Waals surface area contributed by atoms with Crippen molar-refractivity contribution in [3.8, 4) is 0 Å². The number of hydrazine groups is 1. The number of esters is 1. The SMILES string of the molecule is O=C(COC(=O)c1cccc(F)c1)NNC(=O)c1ccccc1. The Morgan fingerprint density at radius 1 is 0.913 bits per heavy atom. The van der Waals surface area contributed by atoms with Crippen molar-refractivity contribution in [1.29, 1.82) is 0 Å². The highest BCUT2D eigenvalue weighted by molar-refractivity contribution is 5.96. The zero-order valence-electron chi connectivity index (χ0n) is 11.9. The molecule has 0 aliphatic carbocycles. The molecular formula is C16H13FN2O4. The minimum absolute atomic E-state index is 0.00822. The standard InChI is InChI=1S/C16H13FN2O4/c17-13-8-4-7-12(9-13)16(22)23-10-14(20)18-19-15(21)11-5-2-1-3-6-11/h1-9H,10H2,(H,18,20)(H,19,21). The Morgan fingerprint density at radius 2 is 1.61 bits per heavy atom. The topological polar surface area (TPSA) is 84.5 Å². The Kier molecular flexibility index (Phi) is 5.40. The van der Waals surface area contributed by atoms with Crippen LogP contribution < -0.4 is 10.9 Å². The summed E-state index contributed by atoms with van der Waals surface area (Å²) in [6.45, 7) is -0.607. The second-order valence-electron chi connectivity index (χ2n) is 4.45. The van der Waals surface area contributed by atoms with Crippen molar-refractivity contribution in [3.05, 3.63) is 71.5 Å². The van der Waals surface area contributed by atoms with Gasteiger partial charge in [0.2, 0.25) is 0 Å². The summed E-state index contributed by atoms with van der Waals surface area (Å²) in [7, 11) is 0. The van der Waals surface area contributed by atoms with E-state index in [9.17, 15) is 18.8 Å². The van der Waals surface area contributed by atoms with Crippen molar-refractivity contribution in [1.82, 2.24) is 10.9 Å². The molecule has 0 unspecified atom stereocenters. The van der Waals surface area contributed by atoms with Crippen LogP contribution in [0.15, 0.2) is 54.6 Å². The van der Waals surface area contributed by atoms with Gasteiger partial charge in [0.1, 0.15) is 5.82 Å². The zero-order valence-corrected chi connectivity index (χ0v) is 11.9. The summed E-state index contributed by atoms with van der Waals surface area (Å²) in [5.41, 5.74) is 4.65. The maximum absolute atomic E-state index is 13.0. The number of carbonyl (C=O) groups excluding carboxylic acids is 3. The Morgan fingerprint density at radius 3 is 2.30 bits per heavy atom. The fourth-order valence-corrected chi connectivity index (χ4v) is 1.65. The summed E-state index contributed by atoms with van der Waals surface area (Å²) in [6.07, 6.45) is 0. The van der Waals surface area contributed by atoms with Crippen molar-refractivity contribution in [2.24, 2.45) is 0 Å². The highest BCUT2D eigenvalue weighted by Crippen LogP contribution is 2.05. The van der Waals surface area contributed by atoms with Crippen LogP contribution in [0.2, 0.25) is 0 Å². The van der Waals surface area contributed by atoms with Crippen molar-refractivity contribution < 1.29 is 23.5 Å². The molecule has 0 atom stereocenters. The first-order valence-electron chi connectivity index (χ1n) is 6.63. The number of halogens is 1. The van der Waals surface area contributed by atoms with Gasteiger partial charge in [-0.2, -0.15) is 0 Å². The van der Waals surface area contributed by atoms with Gasteiger partial charge in [-0.15, -0.1) is 0 Å². The highest BCUT2D eigenvalue weighted by atomic mass is 19.1. The fourth-order valence-electron chi connectivity index (χ4n) is 1.65. The normalized spacial score (nSPS) is 9.78. The molecule has 6 nitrogen and oxygen atoms in total. The molecule has 7 heteroatoms. The lowest BCUT2D eigenvalue weighted by Crippen LogP contribution is -2.43. The zero-order chi connectivity index (χ0) is 16.7. The third-order valence-electron chi connectivity index (χ3n) is 2.75. The number of amides is 2. The highest BCUT2D eigenvalue weighted by Gasteiger charge is 2.11. The number of benzene rings is 2. The molecule has 0 spiro atoms. The number of ether oxygens (including phenoxy) is 1. The van der Waals surface area contributed by atoms with Crippen molar-refractivity contribution in [2.45, 2.75) is 0 Å². The van der Waals surface area contributed by atoms with Gasteiger partial charge in [-0.05, 0) is 30.3 Å². The van der Waals surface area contributed by atoms with Gasteiger partial charge in [-0.25, -0.2) is 9.18 Å². The van der Waals surface area contributed by atoms with E-state index in [1.165, 1.54) is 18.2 Å².